The first-order valence-electron chi connectivity index (χ1n) is 21.2. The van der Waals surface area contributed by atoms with E-state index in [-0.39, 0.29) is 33.2 Å². The van der Waals surface area contributed by atoms with Crippen molar-refractivity contribution in [2.75, 3.05) is 0 Å². The second-order valence-corrected chi connectivity index (χ2v) is 21.9. The van der Waals surface area contributed by atoms with E-state index in [9.17, 15) is 9.59 Å². The highest BCUT2D eigenvalue weighted by atomic mass is 32.1. The maximum Gasteiger partial charge on any atom is 0.186 e. The third-order valence-electron chi connectivity index (χ3n) is 11.8. The monoisotopic (exact) mass is 800 g/mol. The Morgan fingerprint density at radius 3 is 1.63 bits per heavy atom. The van der Waals surface area contributed by atoms with Crippen molar-refractivity contribution in [1.29, 1.82) is 0 Å². The lowest BCUT2D eigenvalue weighted by Crippen LogP contribution is -2.28. The summed E-state index contributed by atoms with van der Waals surface area (Å²) in [6.45, 7) is 34.0. The van der Waals surface area contributed by atoms with Crippen molar-refractivity contribution in [1.82, 2.24) is 0 Å². The van der Waals surface area contributed by atoms with Crippen LogP contribution in [0.3, 0.4) is 0 Å². The van der Waals surface area contributed by atoms with Crippen LogP contribution in [-0.2, 0) is 9.59 Å². The van der Waals surface area contributed by atoms with Crippen molar-refractivity contribution in [3.8, 4) is 0 Å². The van der Waals surface area contributed by atoms with Gasteiger partial charge in [0.25, 0.3) is 0 Å². The topological polar surface area (TPSA) is 34.1 Å². The lowest BCUT2D eigenvalue weighted by Gasteiger charge is -2.33. The molecule has 4 aliphatic rings. The molecule has 0 saturated carbocycles. The van der Waals surface area contributed by atoms with Gasteiger partial charge in [0.2, 0.25) is 0 Å². The van der Waals surface area contributed by atoms with Crippen LogP contribution in [0.5, 0.6) is 0 Å². The normalized spacial score (nSPS) is 20.2. The maximum absolute atomic E-state index is 14.2. The lowest BCUT2D eigenvalue weighted by atomic mass is 9.70. The van der Waals surface area contributed by atoms with E-state index in [0.29, 0.717) is 11.8 Å². The average Bonchev–Trinajstić information content (AvgIpc) is 3.59. The minimum absolute atomic E-state index is 0.124. The number of allylic oxidation sites excluding steroid dienone is 21. The van der Waals surface area contributed by atoms with Gasteiger partial charge in [-0.1, -0.05) is 169 Å². The van der Waals surface area contributed by atoms with Gasteiger partial charge in [0.15, 0.2) is 11.6 Å². The summed E-state index contributed by atoms with van der Waals surface area (Å²) in [5, 5.41) is 0. The number of carbonyl (C=O) groups is 2. The number of aryl methyl sites for hydroxylation is 1. The molecule has 0 radical (unpaired) electrons. The molecule has 0 N–H and O–H groups in total. The third kappa shape index (κ3) is 9.02. The second-order valence-electron chi connectivity index (χ2n) is 20.8. The molecule has 59 heavy (non-hydrogen) atoms. The van der Waals surface area contributed by atoms with Crippen LogP contribution >= 0.6 is 11.3 Å². The smallest absolute Gasteiger partial charge is 0.186 e. The van der Waals surface area contributed by atoms with Crippen LogP contribution in [0.1, 0.15) is 116 Å². The molecular weight excluding hydrogens is 737 g/mol. The summed E-state index contributed by atoms with van der Waals surface area (Å²) >= 11 is 1.78. The molecule has 4 aliphatic carbocycles. The third-order valence-corrected chi connectivity index (χ3v) is 12.9. The van der Waals surface area contributed by atoms with Crippen LogP contribution in [0.25, 0.3) is 17.2 Å². The molecule has 2 atom stereocenters. The molecule has 0 fully saturated rings. The highest BCUT2D eigenvalue weighted by Gasteiger charge is 2.37. The molecule has 0 saturated heterocycles. The predicted octanol–water partition coefficient (Wildman–Crippen LogP) is 15.1. The van der Waals surface area contributed by atoms with Crippen LogP contribution in [0, 0.1) is 40.4 Å². The van der Waals surface area contributed by atoms with E-state index < -0.39 is 0 Å². The molecule has 1 aromatic carbocycles. The summed E-state index contributed by atoms with van der Waals surface area (Å²) in [5.74, 6) is 0.876. The first-order chi connectivity index (χ1) is 27.4. The molecule has 0 spiro atoms. The van der Waals surface area contributed by atoms with Crippen LogP contribution in [0.15, 0.2) is 154 Å². The highest BCUT2D eigenvalue weighted by molar-refractivity contribution is 7.14. The minimum atomic E-state index is -0.351. The zero-order valence-corrected chi connectivity index (χ0v) is 38.8. The van der Waals surface area contributed by atoms with E-state index in [1.165, 1.54) is 11.1 Å². The molecule has 0 bridgehead atoms. The van der Waals surface area contributed by atoms with Crippen molar-refractivity contribution < 1.29 is 9.59 Å². The quantitative estimate of drug-likeness (QED) is 0.273. The summed E-state index contributed by atoms with van der Waals surface area (Å²) in [6, 6.07) is 11.2. The average molecular weight is 801 g/mol. The van der Waals surface area contributed by atoms with E-state index in [2.05, 4.69) is 201 Å². The molecule has 306 valence electrons. The first-order valence-corrected chi connectivity index (χ1v) is 22.0. The van der Waals surface area contributed by atoms with Crippen LogP contribution in [0.2, 0.25) is 0 Å². The zero-order chi connectivity index (χ0) is 43.4. The fraction of sp³-hybridized carbons (Fsp3) is 0.357. The Hall–Kier alpha value is -4.86. The van der Waals surface area contributed by atoms with E-state index >= 15 is 0 Å². The second kappa shape index (κ2) is 16.0. The first kappa shape index (κ1) is 43.7. The standard InChI is InChI=1S/C56H64O2S/c1-16-17-20-36-23-24-38(27-34(36)2)49(40-30-43(53(4,5)6)51(57)44(31-40)54(7,8)9)47-25-26-48(59-47)50(39-28-35(3)42-22-19-18-21-37(42)29-39)41-32-45(55(10,11)12)52(58)46(33-41)56(13,14)15/h16-33,35,42H,1H2,2-15H3/b20-17-. The Bertz CT molecular complexity index is 2390. The number of hydrogen-bond donors (Lipinski definition) is 0. The number of thiophene rings is 1. The summed E-state index contributed by atoms with van der Waals surface area (Å²) in [5.41, 5.74) is 12.1. The Morgan fingerprint density at radius 2 is 1.15 bits per heavy atom. The molecule has 3 heteroatoms. The molecule has 1 aromatic heterocycles. The summed E-state index contributed by atoms with van der Waals surface area (Å²) in [7, 11) is 0. The van der Waals surface area contributed by atoms with E-state index in [4.69, 9.17) is 0 Å². The fourth-order valence-electron chi connectivity index (χ4n) is 8.44. The van der Waals surface area contributed by atoms with Crippen molar-refractivity contribution >= 4 is 40.1 Å². The van der Waals surface area contributed by atoms with Gasteiger partial charge in [-0.05, 0) is 110 Å². The number of hydrogen-bond acceptors (Lipinski definition) is 3. The van der Waals surface area contributed by atoms with Gasteiger partial charge in [-0.2, -0.15) is 0 Å². The van der Waals surface area contributed by atoms with Crippen molar-refractivity contribution in [2.45, 2.75) is 96.9 Å². The molecule has 2 aromatic rings. The van der Waals surface area contributed by atoms with Crippen LogP contribution < -0.4 is 0 Å². The molecule has 1 heterocycles. The Balaban J connectivity index is 1.70. The van der Waals surface area contributed by atoms with Gasteiger partial charge in [-0.3, -0.25) is 9.59 Å². The number of ketones is 2. The maximum atomic E-state index is 14.2. The van der Waals surface area contributed by atoms with Crippen molar-refractivity contribution in [3.63, 3.8) is 0 Å². The van der Waals surface area contributed by atoms with E-state index in [1.807, 2.05) is 6.08 Å². The minimum Gasteiger partial charge on any atom is -0.289 e. The van der Waals surface area contributed by atoms with Gasteiger partial charge in [0, 0.05) is 49.1 Å². The van der Waals surface area contributed by atoms with Gasteiger partial charge in [0.1, 0.15) is 0 Å². The molecule has 0 amide bonds. The number of benzene rings is 1. The van der Waals surface area contributed by atoms with E-state index in [1.54, 1.807) is 17.4 Å². The van der Waals surface area contributed by atoms with Crippen LogP contribution in [0.4, 0.5) is 0 Å². The Labute approximate surface area is 359 Å². The highest BCUT2D eigenvalue weighted by Crippen LogP contribution is 2.48. The molecule has 6 rings (SSSR count). The summed E-state index contributed by atoms with van der Waals surface area (Å²) < 4.78 is 0. The molecule has 2 nitrogen and oxygen atoms in total. The number of fused-ring (bicyclic) bond motifs is 1. The number of rotatable bonds is 6. The van der Waals surface area contributed by atoms with Gasteiger partial charge >= 0.3 is 0 Å². The Kier molecular flexibility index (Phi) is 11.8. The van der Waals surface area contributed by atoms with Crippen LogP contribution in [-0.4, -0.2) is 11.6 Å². The van der Waals surface area contributed by atoms with Gasteiger partial charge in [-0.15, -0.1) is 11.3 Å². The molecule has 2 unspecified atom stereocenters. The number of carbonyl (C=O) groups excluding carboxylic acids is 2. The van der Waals surface area contributed by atoms with Gasteiger partial charge < -0.3 is 0 Å². The Morgan fingerprint density at radius 1 is 0.661 bits per heavy atom. The largest absolute Gasteiger partial charge is 0.289 e. The lowest BCUT2D eigenvalue weighted by molar-refractivity contribution is -0.114. The van der Waals surface area contributed by atoms with Crippen molar-refractivity contribution in [2.24, 2.45) is 33.5 Å². The zero-order valence-electron chi connectivity index (χ0n) is 38.0. The summed E-state index contributed by atoms with van der Waals surface area (Å²) in [4.78, 5) is 30.7. The van der Waals surface area contributed by atoms with Crippen molar-refractivity contribution in [3.05, 3.63) is 181 Å². The van der Waals surface area contributed by atoms with Gasteiger partial charge in [-0.25, -0.2) is 0 Å². The van der Waals surface area contributed by atoms with E-state index in [0.717, 1.165) is 71.0 Å². The fourth-order valence-corrected chi connectivity index (χ4v) is 9.62. The summed E-state index contributed by atoms with van der Waals surface area (Å²) in [6.07, 6.45) is 28.1. The van der Waals surface area contributed by atoms with Gasteiger partial charge in [0.05, 0.1) is 0 Å². The molecular formula is C56H64O2S. The SMILES string of the molecule is C=C/C=C\c1ccc(C(=C2C=C(C(C)(C)C)C(=O)C(C(C)(C)C)=C2)c2ccc(C(C3=CC(C)C4C=CC=CC4=C3)=C3C=C(C(C)(C)C)C(=O)C(C(C)(C)C)=C3)s2)cc1C. The molecule has 0 aliphatic heterocycles. The predicted molar refractivity (Wildman–Crippen MR) is 255 cm³/mol. The number of Topliss-reactive ketones (excluding diaryl/α,β-unsaturated/α-hetero) is 2.